The second-order valence-corrected chi connectivity index (χ2v) is 9.14. The summed E-state index contributed by atoms with van der Waals surface area (Å²) in [6.07, 6.45) is 7.02. The van der Waals surface area contributed by atoms with Crippen molar-refractivity contribution >= 4 is 0 Å². The van der Waals surface area contributed by atoms with Crippen LogP contribution < -0.4 is 5.32 Å². The van der Waals surface area contributed by atoms with Crippen LogP contribution in [0.5, 0.6) is 0 Å². The van der Waals surface area contributed by atoms with Gasteiger partial charge in [0.05, 0.1) is 0 Å². The van der Waals surface area contributed by atoms with Gasteiger partial charge >= 0.3 is 0 Å². The number of likely N-dealkylation sites (tertiary alicyclic amines) is 1. The van der Waals surface area contributed by atoms with Crippen molar-refractivity contribution in [3.05, 3.63) is 0 Å². The highest BCUT2D eigenvalue weighted by molar-refractivity contribution is 5.13. The smallest absolute Gasteiger partial charge is 0.0203 e. The lowest BCUT2D eigenvalue weighted by atomic mass is 9.67. The normalized spacial score (nSPS) is 46.1. The lowest BCUT2D eigenvalue weighted by Crippen LogP contribution is -2.58. The third kappa shape index (κ3) is 2.57. The van der Waals surface area contributed by atoms with Crippen LogP contribution in [0.25, 0.3) is 0 Å². The summed E-state index contributed by atoms with van der Waals surface area (Å²) >= 11 is 0. The molecule has 0 aromatic rings. The summed E-state index contributed by atoms with van der Waals surface area (Å²) in [7, 11) is 0. The quantitative estimate of drug-likeness (QED) is 0.845. The molecule has 0 spiro atoms. The summed E-state index contributed by atoms with van der Waals surface area (Å²) in [4.78, 5) is 2.88. The summed E-state index contributed by atoms with van der Waals surface area (Å²) in [5.41, 5.74) is 1.12. The molecule has 1 aliphatic heterocycles. The number of fused-ring (bicyclic) bond motifs is 2. The van der Waals surface area contributed by atoms with Crippen molar-refractivity contribution in [1.82, 2.24) is 10.2 Å². The van der Waals surface area contributed by atoms with Crippen LogP contribution in [0, 0.1) is 22.7 Å². The zero-order valence-electron chi connectivity index (χ0n) is 14.9. The molecule has 0 amide bonds. The van der Waals surface area contributed by atoms with Gasteiger partial charge in [0, 0.05) is 18.6 Å². The molecule has 2 nitrogen and oxygen atoms in total. The van der Waals surface area contributed by atoms with Gasteiger partial charge in [0.1, 0.15) is 0 Å². The van der Waals surface area contributed by atoms with Gasteiger partial charge in [0.2, 0.25) is 0 Å². The average molecular weight is 293 g/mol. The van der Waals surface area contributed by atoms with Gasteiger partial charge in [-0.1, -0.05) is 34.6 Å². The predicted molar refractivity (Wildman–Crippen MR) is 90.5 cm³/mol. The molecular weight excluding hydrogens is 256 g/mol. The molecule has 122 valence electrons. The first-order valence-electron chi connectivity index (χ1n) is 9.36. The van der Waals surface area contributed by atoms with Crippen molar-refractivity contribution in [3.63, 3.8) is 0 Å². The van der Waals surface area contributed by atoms with Crippen molar-refractivity contribution in [2.24, 2.45) is 22.7 Å². The number of nitrogens with one attached hydrogen (secondary N) is 1. The Morgan fingerprint density at radius 2 is 1.95 bits per heavy atom. The standard InChI is InChI=1S/C19H36N2/c1-6-10-20-16-8-11-21(13-14(16)2)17-18(3,4)15-7-9-19(17,5)12-15/h14-17,20H,6-13H2,1-5H3. The molecule has 0 aromatic heterocycles. The van der Waals surface area contributed by atoms with Gasteiger partial charge in [-0.25, -0.2) is 0 Å². The number of hydrogen-bond acceptors (Lipinski definition) is 2. The van der Waals surface area contributed by atoms with Gasteiger partial charge in [0.25, 0.3) is 0 Å². The first-order chi connectivity index (χ1) is 9.88. The van der Waals surface area contributed by atoms with E-state index in [0.717, 1.165) is 23.9 Å². The van der Waals surface area contributed by atoms with E-state index in [9.17, 15) is 0 Å². The van der Waals surface area contributed by atoms with E-state index >= 15 is 0 Å². The van der Waals surface area contributed by atoms with Crippen molar-refractivity contribution in [2.75, 3.05) is 19.6 Å². The minimum Gasteiger partial charge on any atom is -0.314 e. The maximum absolute atomic E-state index is 3.77. The van der Waals surface area contributed by atoms with E-state index in [2.05, 4.69) is 44.8 Å². The number of hydrogen-bond donors (Lipinski definition) is 1. The van der Waals surface area contributed by atoms with Crippen LogP contribution in [0.3, 0.4) is 0 Å². The molecule has 21 heavy (non-hydrogen) atoms. The maximum atomic E-state index is 3.77. The van der Waals surface area contributed by atoms with Gasteiger partial charge in [-0.15, -0.1) is 0 Å². The minimum absolute atomic E-state index is 0.524. The minimum atomic E-state index is 0.524. The molecule has 2 aliphatic carbocycles. The van der Waals surface area contributed by atoms with E-state index in [1.807, 2.05) is 0 Å². The Bertz CT molecular complexity index is 373. The largest absolute Gasteiger partial charge is 0.314 e. The van der Waals surface area contributed by atoms with E-state index in [-0.39, 0.29) is 0 Å². The molecule has 1 N–H and O–H groups in total. The van der Waals surface area contributed by atoms with E-state index < -0.39 is 0 Å². The predicted octanol–water partition coefficient (Wildman–Crippen LogP) is 3.91. The zero-order valence-corrected chi connectivity index (χ0v) is 14.9. The lowest BCUT2D eigenvalue weighted by molar-refractivity contribution is -0.0234. The molecule has 5 atom stereocenters. The number of rotatable bonds is 4. The van der Waals surface area contributed by atoms with Crippen molar-refractivity contribution < 1.29 is 0 Å². The second kappa shape index (κ2) is 5.53. The topological polar surface area (TPSA) is 15.3 Å². The molecule has 3 rings (SSSR count). The van der Waals surface area contributed by atoms with E-state index in [1.54, 1.807) is 0 Å². The fourth-order valence-electron chi connectivity index (χ4n) is 6.23. The Balaban J connectivity index is 1.68. The van der Waals surface area contributed by atoms with Gasteiger partial charge in [-0.3, -0.25) is 4.90 Å². The summed E-state index contributed by atoms with van der Waals surface area (Å²) in [5.74, 6) is 1.77. The highest BCUT2D eigenvalue weighted by Crippen LogP contribution is 2.64. The summed E-state index contributed by atoms with van der Waals surface area (Å²) in [6.45, 7) is 16.2. The monoisotopic (exact) mass is 292 g/mol. The first-order valence-corrected chi connectivity index (χ1v) is 9.36. The summed E-state index contributed by atoms with van der Waals surface area (Å²) in [5, 5.41) is 3.77. The molecule has 3 aliphatic rings. The van der Waals surface area contributed by atoms with Crippen LogP contribution in [0.4, 0.5) is 0 Å². The van der Waals surface area contributed by atoms with Crippen molar-refractivity contribution in [3.8, 4) is 0 Å². The van der Waals surface area contributed by atoms with Crippen molar-refractivity contribution in [1.29, 1.82) is 0 Å². The zero-order chi connectivity index (χ0) is 15.3. The molecule has 5 unspecified atom stereocenters. The summed E-state index contributed by atoms with van der Waals surface area (Å²) in [6, 6.07) is 1.56. The third-order valence-electron chi connectivity index (χ3n) is 7.15. The molecule has 1 saturated heterocycles. The number of piperidine rings is 1. The summed E-state index contributed by atoms with van der Waals surface area (Å²) < 4.78 is 0. The highest BCUT2D eigenvalue weighted by Gasteiger charge is 2.61. The Labute approximate surface area is 132 Å². The van der Waals surface area contributed by atoms with Gasteiger partial charge in [-0.05, 0) is 67.9 Å². The van der Waals surface area contributed by atoms with Crippen LogP contribution in [-0.4, -0.2) is 36.6 Å². The molecule has 2 saturated carbocycles. The van der Waals surface area contributed by atoms with E-state index in [4.69, 9.17) is 0 Å². The molecule has 0 aromatic carbocycles. The molecule has 1 heterocycles. The van der Waals surface area contributed by atoms with Crippen molar-refractivity contribution in [2.45, 2.75) is 78.8 Å². The highest BCUT2D eigenvalue weighted by atomic mass is 15.2. The molecule has 0 radical (unpaired) electrons. The fraction of sp³-hybridized carbons (Fsp3) is 1.00. The first kappa shape index (κ1) is 15.8. The van der Waals surface area contributed by atoms with Crippen LogP contribution in [-0.2, 0) is 0 Å². The average Bonchev–Trinajstić information content (AvgIpc) is 2.89. The molecular formula is C19H36N2. The Morgan fingerprint density at radius 3 is 2.52 bits per heavy atom. The molecule has 3 fully saturated rings. The van der Waals surface area contributed by atoms with Crippen LogP contribution in [0.1, 0.15) is 66.7 Å². The number of nitrogens with zero attached hydrogens (tertiary/aromatic N) is 1. The molecule has 2 bridgehead atoms. The van der Waals surface area contributed by atoms with Crippen LogP contribution in [0.2, 0.25) is 0 Å². The Kier molecular flexibility index (Phi) is 4.16. The van der Waals surface area contributed by atoms with Crippen LogP contribution >= 0.6 is 0 Å². The maximum Gasteiger partial charge on any atom is 0.0203 e. The van der Waals surface area contributed by atoms with Gasteiger partial charge < -0.3 is 5.32 Å². The Morgan fingerprint density at radius 1 is 1.19 bits per heavy atom. The SMILES string of the molecule is CCCNC1CCN(C2C3(C)CCC(C3)C2(C)C)CC1C. The van der Waals surface area contributed by atoms with E-state index in [0.29, 0.717) is 10.8 Å². The third-order valence-corrected chi connectivity index (χ3v) is 7.15. The molecule has 2 heteroatoms. The fourth-order valence-corrected chi connectivity index (χ4v) is 6.23. The second-order valence-electron chi connectivity index (χ2n) is 9.14. The van der Waals surface area contributed by atoms with E-state index in [1.165, 1.54) is 51.7 Å². The Hall–Kier alpha value is -0.0800. The van der Waals surface area contributed by atoms with Gasteiger partial charge in [0.15, 0.2) is 0 Å². The van der Waals surface area contributed by atoms with Crippen LogP contribution in [0.15, 0.2) is 0 Å². The lowest BCUT2D eigenvalue weighted by Gasteiger charge is -2.52. The van der Waals surface area contributed by atoms with Gasteiger partial charge in [-0.2, -0.15) is 0 Å².